The lowest BCUT2D eigenvalue weighted by Gasteiger charge is -2.25. The molecule has 0 spiro atoms. The molecule has 0 saturated carbocycles. The third kappa shape index (κ3) is 2.68. The smallest absolute Gasteiger partial charge is 0.253 e. The van der Waals surface area contributed by atoms with E-state index in [4.69, 9.17) is 9.47 Å². The van der Waals surface area contributed by atoms with E-state index in [0.29, 0.717) is 5.82 Å². The average Bonchev–Trinajstić information content (AvgIpc) is 2.95. The first-order valence-corrected chi connectivity index (χ1v) is 7.26. The molecule has 2 fully saturated rings. The summed E-state index contributed by atoms with van der Waals surface area (Å²) in [5.41, 5.74) is 0.192. The lowest BCUT2D eigenvalue weighted by molar-refractivity contribution is -0.164. The van der Waals surface area contributed by atoms with Gasteiger partial charge in [-0.15, -0.1) is 0 Å². The maximum Gasteiger partial charge on any atom is 0.253 e. The third-order valence-corrected chi connectivity index (χ3v) is 3.96. The molecule has 1 aromatic heterocycles. The molecule has 0 aliphatic carbocycles. The predicted molar refractivity (Wildman–Crippen MR) is 80.2 cm³/mol. The second-order valence-electron chi connectivity index (χ2n) is 6.14. The van der Waals surface area contributed by atoms with Gasteiger partial charge in [0.2, 0.25) is 0 Å². The van der Waals surface area contributed by atoms with Crippen LogP contribution in [0.2, 0.25) is 0 Å². The number of carbonyl (C=O) groups is 2. The molecular weight excluding hydrogens is 305 g/mol. The SMILES string of the molecule is Cc1nc(N(C)C(=O)[C@H]2NC(=O)[C@H]3OC(C)(C)O[C@@H]23)ccc1F.[HH]. The lowest BCUT2D eigenvalue weighted by Crippen LogP contribution is -2.49. The van der Waals surface area contributed by atoms with Crippen LogP contribution >= 0.6 is 0 Å². The van der Waals surface area contributed by atoms with Crippen LogP contribution in [0.5, 0.6) is 0 Å². The van der Waals surface area contributed by atoms with Gasteiger partial charge in [0, 0.05) is 8.47 Å². The number of aromatic nitrogens is 1. The summed E-state index contributed by atoms with van der Waals surface area (Å²) in [6, 6.07) is 1.78. The summed E-state index contributed by atoms with van der Waals surface area (Å²) in [6.45, 7) is 4.89. The zero-order valence-corrected chi connectivity index (χ0v) is 13.3. The van der Waals surface area contributed by atoms with Gasteiger partial charge in [-0.3, -0.25) is 14.5 Å². The first kappa shape index (κ1) is 15.8. The van der Waals surface area contributed by atoms with E-state index < -0.39 is 35.8 Å². The van der Waals surface area contributed by atoms with Gasteiger partial charge >= 0.3 is 0 Å². The number of ether oxygens (including phenoxy) is 2. The highest BCUT2D eigenvalue weighted by molar-refractivity contribution is 6.02. The maximum atomic E-state index is 13.3. The van der Waals surface area contributed by atoms with Crippen LogP contribution in [0.4, 0.5) is 10.2 Å². The first-order valence-electron chi connectivity index (χ1n) is 7.26. The second kappa shape index (κ2) is 5.24. The van der Waals surface area contributed by atoms with E-state index in [9.17, 15) is 14.0 Å². The topological polar surface area (TPSA) is 80.8 Å². The quantitative estimate of drug-likeness (QED) is 0.868. The van der Waals surface area contributed by atoms with Gasteiger partial charge in [-0.1, -0.05) is 0 Å². The average molecular weight is 325 g/mol. The molecule has 23 heavy (non-hydrogen) atoms. The zero-order valence-electron chi connectivity index (χ0n) is 13.3. The predicted octanol–water partition coefficient (Wildman–Crippen LogP) is 0.756. The van der Waals surface area contributed by atoms with Crippen LogP contribution in [0.15, 0.2) is 12.1 Å². The Morgan fingerprint density at radius 2 is 2.13 bits per heavy atom. The van der Waals surface area contributed by atoms with E-state index in [-0.39, 0.29) is 13.0 Å². The van der Waals surface area contributed by atoms with Crippen LogP contribution in [0.3, 0.4) is 0 Å². The van der Waals surface area contributed by atoms with Crippen molar-refractivity contribution in [2.24, 2.45) is 0 Å². The molecule has 0 radical (unpaired) electrons. The summed E-state index contributed by atoms with van der Waals surface area (Å²) in [5, 5.41) is 2.59. The van der Waals surface area contributed by atoms with Gasteiger partial charge < -0.3 is 14.8 Å². The Balaban J connectivity index is 0.00000208. The van der Waals surface area contributed by atoms with Crippen molar-refractivity contribution in [3.05, 3.63) is 23.6 Å². The van der Waals surface area contributed by atoms with Crippen molar-refractivity contribution in [3.63, 3.8) is 0 Å². The van der Waals surface area contributed by atoms with Crippen LogP contribution in [0.25, 0.3) is 0 Å². The molecule has 2 aliphatic rings. The number of hydrogen-bond donors (Lipinski definition) is 1. The van der Waals surface area contributed by atoms with E-state index >= 15 is 0 Å². The fraction of sp³-hybridized carbons (Fsp3) is 0.533. The molecule has 1 aromatic rings. The lowest BCUT2D eigenvalue weighted by atomic mass is 10.1. The fourth-order valence-electron chi connectivity index (χ4n) is 2.79. The van der Waals surface area contributed by atoms with E-state index in [1.807, 2.05) is 0 Å². The van der Waals surface area contributed by atoms with E-state index in [2.05, 4.69) is 10.3 Å². The highest BCUT2D eigenvalue weighted by atomic mass is 19.1. The van der Waals surface area contributed by atoms with Crippen molar-refractivity contribution in [3.8, 4) is 0 Å². The second-order valence-corrected chi connectivity index (χ2v) is 6.14. The standard InChI is InChI=1S/C15H18FN3O4.H2/c1-7-8(16)5-6-9(17-7)19(4)14(21)10-11-12(13(20)18-10)23-15(2,3)22-11;/h5-6,10-12H,1-4H3,(H,18,20);1H/t10-,11-,12-;/m0./s1. The Hall–Kier alpha value is -2.06. The molecular formula is C15H20FN3O4. The highest BCUT2D eigenvalue weighted by Gasteiger charge is 2.56. The van der Waals surface area contributed by atoms with Crippen LogP contribution in [-0.2, 0) is 19.1 Å². The van der Waals surface area contributed by atoms with Gasteiger partial charge in [-0.05, 0) is 32.9 Å². The Morgan fingerprint density at radius 1 is 1.43 bits per heavy atom. The summed E-state index contributed by atoms with van der Waals surface area (Å²) in [4.78, 5) is 30.0. The molecule has 2 aliphatic heterocycles. The molecule has 3 rings (SSSR count). The number of aryl methyl sites for hydroxylation is 1. The summed E-state index contributed by atoms with van der Waals surface area (Å²) in [6.07, 6.45) is -1.51. The van der Waals surface area contributed by atoms with E-state index in [0.717, 1.165) is 0 Å². The summed E-state index contributed by atoms with van der Waals surface area (Å²) < 4.78 is 24.5. The molecule has 3 heterocycles. The molecule has 2 saturated heterocycles. The fourth-order valence-corrected chi connectivity index (χ4v) is 2.79. The molecule has 7 nitrogen and oxygen atoms in total. The van der Waals surface area contributed by atoms with Crippen LogP contribution in [-0.4, -0.2) is 47.9 Å². The summed E-state index contributed by atoms with van der Waals surface area (Å²) in [7, 11) is 1.52. The minimum Gasteiger partial charge on any atom is -0.341 e. The van der Waals surface area contributed by atoms with Crippen molar-refractivity contribution in [1.82, 2.24) is 10.3 Å². The van der Waals surface area contributed by atoms with Crippen molar-refractivity contribution in [2.75, 3.05) is 11.9 Å². The van der Waals surface area contributed by atoms with Crippen molar-refractivity contribution in [2.45, 2.75) is 44.8 Å². The Kier molecular flexibility index (Phi) is 3.61. The van der Waals surface area contributed by atoms with Gasteiger partial charge in [0.15, 0.2) is 11.9 Å². The number of nitrogens with one attached hydrogen (secondary N) is 1. The number of nitrogens with zero attached hydrogens (tertiary/aromatic N) is 2. The normalized spacial score (nSPS) is 28.4. The minimum absolute atomic E-state index is 0. The number of anilines is 1. The van der Waals surface area contributed by atoms with E-state index in [1.54, 1.807) is 13.8 Å². The van der Waals surface area contributed by atoms with E-state index in [1.165, 1.54) is 31.0 Å². The Labute approximate surface area is 134 Å². The largest absolute Gasteiger partial charge is 0.341 e. The number of pyridine rings is 1. The summed E-state index contributed by atoms with van der Waals surface area (Å²) in [5.74, 6) is -1.85. The number of hydrogen-bond acceptors (Lipinski definition) is 5. The number of carbonyl (C=O) groups excluding carboxylic acids is 2. The van der Waals surface area contributed by atoms with Gasteiger partial charge in [-0.2, -0.15) is 0 Å². The van der Waals surface area contributed by atoms with Crippen molar-refractivity contribution in [1.29, 1.82) is 0 Å². The molecule has 3 atom stereocenters. The van der Waals surface area contributed by atoms with Gasteiger partial charge in [0.25, 0.3) is 11.8 Å². The number of likely N-dealkylation sites (N-methyl/N-ethyl adjacent to an activating group) is 1. The van der Waals surface area contributed by atoms with Gasteiger partial charge in [-0.25, -0.2) is 9.37 Å². The molecule has 126 valence electrons. The van der Waals surface area contributed by atoms with Crippen LogP contribution in [0, 0.1) is 12.7 Å². The molecule has 0 bridgehead atoms. The number of halogens is 1. The van der Waals surface area contributed by atoms with Gasteiger partial charge in [0.1, 0.15) is 23.8 Å². The number of fused-ring (bicyclic) bond motifs is 1. The summed E-state index contributed by atoms with van der Waals surface area (Å²) >= 11 is 0. The Bertz CT molecular complexity index is 685. The van der Waals surface area contributed by atoms with Gasteiger partial charge in [0.05, 0.1) is 5.69 Å². The molecule has 2 amide bonds. The molecule has 0 aromatic carbocycles. The number of amides is 2. The monoisotopic (exact) mass is 325 g/mol. The molecule has 8 heteroatoms. The highest BCUT2D eigenvalue weighted by Crippen LogP contribution is 2.34. The maximum absolute atomic E-state index is 13.3. The third-order valence-electron chi connectivity index (χ3n) is 3.96. The Morgan fingerprint density at radius 3 is 2.78 bits per heavy atom. The van der Waals surface area contributed by atoms with Crippen molar-refractivity contribution < 1.29 is 24.9 Å². The van der Waals surface area contributed by atoms with Crippen molar-refractivity contribution >= 4 is 17.6 Å². The number of rotatable bonds is 2. The van der Waals surface area contributed by atoms with Crippen LogP contribution in [0.1, 0.15) is 21.0 Å². The minimum atomic E-state index is -0.922. The molecule has 1 N–H and O–H groups in total. The molecule has 0 unspecified atom stereocenters. The zero-order chi connectivity index (χ0) is 16.9. The van der Waals surface area contributed by atoms with Crippen LogP contribution < -0.4 is 10.2 Å². The first-order chi connectivity index (χ1) is 10.7.